The lowest BCUT2D eigenvalue weighted by atomic mass is 10.0. The van der Waals surface area contributed by atoms with E-state index in [2.05, 4.69) is 5.32 Å². The smallest absolute Gasteiger partial charge is 0.242 e. The van der Waals surface area contributed by atoms with Crippen molar-refractivity contribution in [2.45, 2.75) is 19.4 Å². The number of carbonyl (C=O) groups excluding carboxylic acids is 1. The predicted octanol–water partition coefficient (Wildman–Crippen LogP) is -0.242. The first-order chi connectivity index (χ1) is 6.46. The number of nitrogens with one attached hydrogen (secondary N) is 1. The van der Waals surface area contributed by atoms with Gasteiger partial charge < -0.3 is 10.2 Å². The van der Waals surface area contributed by atoms with Gasteiger partial charge in [0.25, 0.3) is 0 Å². The van der Waals surface area contributed by atoms with Crippen molar-refractivity contribution < 1.29 is 4.79 Å². The standard InChI is InChI=1S/C10H21N3O/c1-10(2,12(3)4)9(14)13-7-5-11-6-8-13/h11H,5-8H2,1-4H3. The van der Waals surface area contributed by atoms with Crippen molar-refractivity contribution in [2.75, 3.05) is 40.3 Å². The number of amides is 1. The molecular weight excluding hydrogens is 178 g/mol. The van der Waals surface area contributed by atoms with Crippen molar-refractivity contribution in [1.29, 1.82) is 0 Å². The van der Waals surface area contributed by atoms with Gasteiger partial charge in [0.15, 0.2) is 0 Å². The van der Waals surface area contributed by atoms with E-state index in [1.54, 1.807) is 0 Å². The van der Waals surface area contributed by atoms with Gasteiger partial charge in [0.2, 0.25) is 5.91 Å². The highest BCUT2D eigenvalue weighted by atomic mass is 16.2. The maximum Gasteiger partial charge on any atom is 0.242 e. The molecule has 0 radical (unpaired) electrons. The maximum atomic E-state index is 12.1. The lowest BCUT2D eigenvalue weighted by Gasteiger charge is -2.38. The third-order valence-electron chi connectivity index (χ3n) is 3.05. The predicted molar refractivity (Wildman–Crippen MR) is 57.2 cm³/mol. The first-order valence-electron chi connectivity index (χ1n) is 5.14. The van der Waals surface area contributed by atoms with Crippen LogP contribution in [-0.2, 0) is 4.79 Å². The molecule has 0 aromatic rings. The van der Waals surface area contributed by atoms with Gasteiger partial charge in [0, 0.05) is 26.2 Å². The van der Waals surface area contributed by atoms with Crippen LogP contribution in [0.5, 0.6) is 0 Å². The van der Waals surface area contributed by atoms with Gasteiger partial charge in [-0.05, 0) is 27.9 Å². The molecule has 1 heterocycles. The Kier molecular flexibility index (Phi) is 3.50. The molecule has 0 aromatic carbocycles. The largest absolute Gasteiger partial charge is 0.339 e. The highest BCUT2D eigenvalue weighted by Crippen LogP contribution is 2.14. The molecule has 1 aliphatic rings. The summed E-state index contributed by atoms with van der Waals surface area (Å²) in [5.74, 6) is 0.226. The average molecular weight is 199 g/mol. The third-order valence-corrected chi connectivity index (χ3v) is 3.05. The van der Waals surface area contributed by atoms with Crippen molar-refractivity contribution >= 4 is 5.91 Å². The molecule has 1 saturated heterocycles. The fraction of sp³-hybridized carbons (Fsp3) is 0.900. The molecule has 0 bridgehead atoms. The van der Waals surface area contributed by atoms with Crippen LogP contribution in [0.4, 0.5) is 0 Å². The van der Waals surface area contributed by atoms with E-state index < -0.39 is 5.54 Å². The van der Waals surface area contributed by atoms with Crippen LogP contribution in [0.15, 0.2) is 0 Å². The van der Waals surface area contributed by atoms with Crippen molar-refractivity contribution in [2.24, 2.45) is 0 Å². The SMILES string of the molecule is CN(C)C(C)(C)C(=O)N1CCNCC1. The van der Waals surface area contributed by atoms with E-state index in [9.17, 15) is 4.79 Å². The fourth-order valence-electron chi connectivity index (χ4n) is 1.45. The average Bonchev–Trinajstić information content (AvgIpc) is 2.17. The molecular formula is C10H21N3O. The molecule has 1 fully saturated rings. The van der Waals surface area contributed by atoms with Gasteiger partial charge in [-0.3, -0.25) is 9.69 Å². The van der Waals surface area contributed by atoms with Crippen LogP contribution in [0.1, 0.15) is 13.8 Å². The van der Waals surface area contributed by atoms with Gasteiger partial charge >= 0.3 is 0 Å². The maximum absolute atomic E-state index is 12.1. The first-order valence-corrected chi connectivity index (χ1v) is 5.14. The number of piperazine rings is 1. The zero-order chi connectivity index (χ0) is 10.8. The molecule has 1 rings (SSSR count). The van der Waals surface area contributed by atoms with E-state index in [0.717, 1.165) is 26.2 Å². The molecule has 14 heavy (non-hydrogen) atoms. The zero-order valence-corrected chi connectivity index (χ0v) is 9.63. The Hall–Kier alpha value is -0.610. The lowest BCUT2D eigenvalue weighted by molar-refractivity contribution is -0.141. The van der Waals surface area contributed by atoms with Crippen molar-refractivity contribution in [3.05, 3.63) is 0 Å². The second-order valence-electron chi connectivity index (χ2n) is 4.50. The monoisotopic (exact) mass is 199 g/mol. The van der Waals surface area contributed by atoms with E-state index in [0.29, 0.717) is 0 Å². The molecule has 1 N–H and O–H groups in total. The van der Waals surface area contributed by atoms with E-state index in [1.807, 2.05) is 37.7 Å². The number of carbonyl (C=O) groups is 1. The Balaban J connectivity index is 2.63. The van der Waals surface area contributed by atoms with Crippen molar-refractivity contribution in [1.82, 2.24) is 15.1 Å². The van der Waals surface area contributed by atoms with Crippen LogP contribution >= 0.6 is 0 Å². The minimum Gasteiger partial charge on any atom is -0.339 e. The Morgan fingerprint density at radius 3 is 2.21 bits per heavy atom. The summed E-state index contributed by atoms with van der Waals surface area (Å²) in [7, 11) is 3.89. The van der Waals surface area contributed by atoms with Gasteiger partial charge in [-0.25, -0.2) is 0 Å². The second kappa shape index (κ2) is 4.28. The summed E-state index contributed by atoms with van der Waals surface area (Å²) in [5.41, 5.74) is -0.392. The summed E-state index contributed by atoms with van der Waals surface area (Å²) in [5, 5.41) is 3.24. The summed E-state index contributed by atoms with van der Waals surface area (Å²) in [6, 6.07) is 0. The highest BCUT2D eigenvalue weighted by molar-refractivity contribution is 5.85. The number of nitrogens with zero attached hydrogens (tertiary/aromatic N) is 2. The number of likely N-dealkylation sites (N-methyl/N-ethyl adjacent to an activating group) is 1. The molecule has 1 aliphatic heterocycles. The zero-order valence-electron chi connectivity index (χ0n) is 9.63. The van der Waals surface area contributed by atoms with Crippen LogP contribution in [0.25, 0.3) is 0 Å². The van der Waals surface area contributed by atoms with Crippen LogP contribution in [0.2, 0.25) is 0 Å². The summed E-state index contributed by atoms with van der Waals surface area (Å²) >= 11 is 0. The minimum atomic E-state index is -0.392. The molecule has 0 aromatic heterocycles. The second-order valence-corrected chi connectivity index (χ2v) is 4.50. The van der Waals surface area contributed by atoms with Crippen LogP contribution in [-0.4, -0.2) is 61.5 Å². The molecule has 1 amide bonds. The third kappa shape index (κ3) is 2.25. The quantitative estimate of drug-likeness (QED) is 0.666. The van der Waals surface area contributed by atoms with E-state index in [4.69, 9.17) is 0 Å². The Bertz CT molecular complexity index is 207. The van der Waals surface area contributed by atoms with Gasteiger partial charge in [0.05, 0.1) is 5.54 Å². The molecule has 0 unspecified atom stereocenters. The van der Waals surface area contributed by atoms with Gasteiger partial charge in [-0.2, -0.15) is 0 Å². The number of rotatable bonds is 2. The molecule has 0 atom stereocenters. The van der Waals surface area contributed by atoms with Crippen molar-refractivity contribution in [3.63, 3.8) is 0 Å². The molecule has 4 nitrogen and oxygen atoms in total. The topological polar surface area (TPSA) is 35.6 Å². The summed E-state index contributed by atoms with van der Waals surface area (Å²) in [6.45, 7) is 7.42. The Morgan fingerprint density at radius 1 is 1.29 bits per heavy atom. The summed E-state index contributed by atoms with van der Waals surface area (Å²) < 4.78 is 0. The molecule has 0 spiro atoms. The fourth-order valence-corrected chi connectivity index (χ4v) is 1.45. The number of hydrogen-bond acceptors (Lipinski definition) is 3. The van der Waals surface area contributed by atoms with Crippen LogP contribution in [0.3, 0.4) is 0 Å². The molecule has 0 aliphatic carbocycles. The van der Waals surface area contributed by atoms with E-state index in [1.165, 1.54) is 0 Å². The number of hydrogen-bond donors (Lipinski definition) is 1. The van der Waals surface area contributed by atoms with Crippen molar-refractivity contribution in [3.8, 4) is 0 Å². The van der Waals surface area contributed by atoms with Gasteiger partial charge in [-0.15, -0.1) is 0 Å². The van der Waals surface area contributed by atoms with Gasteiger partial charge in [0.1, 0.15) is 0 Å². The molecule has 0 saturated carbocycles. The molecule has 4 heteroatoms. The van der Waals surface area contributed by atoms with Crippen LogP contribution < -0.4 is 5.32 Å². The highest BCUT2D eigenvalue weighted by Gasteiger charge is 2.34. The first kappa shape index (κ1) is 11.5. The summed E-state index contributed by atoms with van der Waals surface area (Å²) in [4.78, 5) is 16.0. The minimum absolute atomic E-state index is 0.226. The lowest BCUT2D eigenvalue weighted by Crippen LogP contribution is -2.57. The normalized spacial score (nSPS) is 18.8. The van der Waals surface area contributed by atoms with Gasteiger partial charge in [-0.1, -0.05) is 0 Å². The van der Waals surface area contributed by atoms with E-state index >= 15 is 0 Å². The molecule has 82 valence electrons. The summed E-state index contributed by atoms with van der Waals surface area (Å²) in [6.07, 6.45) is 0. The Labute approximate surface area is 86.2 Å². The van der Waals surface area contributed by atoms with Crippen LogP contribution in [0, 0.1) is 0 Å². The van der Waals surface area contributed by atoms with E-state index in [-0.39, 0.29) is 5.91 Å². The Morgan fingerprint density at radius 2 is 1.79 bits per heavy atom.